The number of aliphatic hydroxyl groups is 1. The number of anilines is 1. The molecule has 38 heavy (non-hydrogen) atoms. The molecule has 0 aliphatic carbocycles. The fourth-order valence-electron chi connectivity index (χ4n) is 4.73. The molecular formula is C30H22N2O5S. The van der Waals surface area contributed by atoms with Gasteiger partial charge in [-0.05, 0) is 73.0 Å². The molecule has 188 valence electrons. The number of ether oxygens (including phenoxy) is 1. The molecule has 3 heterocycles. The van der Waals surface area contributed by atoms with Crippen LogP contribution in [0.2, 0.25) is 0 Å². The number of aromatic nitrogens is 1. The van der Waals surface area contributed by atoms with Crippen LogP contribution in [0.4, 0.5) is 5.13 Å². The topological polar surface area (TPSA) is 92.9 Å². The van der Waals surface area contributed by atoms with Crippen molar-refractivity contribution in [3.8, 4) is 11.5 Å². The zero-order valence-electron chi connectivity index (χ0n) is 20.5. The summed E-state index contributed by atoms with van der Waals surface area (Å²) in [4.78, 5) is 33.2. The lowest BCUT2D eigenvalue weighted by atomic mass is 9.95. The zero-order valence-corrected chi connectivity index (χ0v) is 21.4. The van der Waals surface area contributed by atoms with E-state index < -0.39 is 23.5 Å². The summed E-state index contributed by atoms with van der Waals surface area (Å²) < 4.78 is 12.3. The van der Waals surface area contributed by atoms with E-state index in [9.17, 15) is 14.7 Å². The van der Waals surface area contributed by atoms with Gasteiger partial charge < -0.3 is 14.3 Å². The molecule has 0 saturated carbocycles. The third-order valence-corrected chi connectivity index (χ3v) is 7.38. The van der Waals surface area contributed by atoms with Gasteiger partial charge in [0.1, 0.15) is 11.5 Å². The van der Waals surface area contributed by atoms with Crippen LogP contribution in [0.25, 0.3) is 10.2 Å². The van der Waals surface area contributed by atoms with Gasteiger partial charge >= 0.3 is 0 Å². The number of carbonyl (C=O) groups excluding carboxylic acids is 2. The molecule has 1 aliphatic rings. The van der Waals surface area contributed by atoms with E-state index in [-0.39, 0.29) is 11.3 Å². The molecule has 2 aromatic heterocycles. The molecule has 1 N–H and O–H groups in total. The van der Waals surface area contributed by atoms with E-state index in [1.165, 1.54) is 28.6 Å². The van der Waals surface area contributed by atoms with Gasteiger partial charge in [0.05, 0.1) is 28.1 Å². The predicted molar refractivity (Wildman–Crippen MR) is 145 cm³/mol. The lowest BCUT2D eigenvalue weighted by Gasteiger charge is -2.24. The van der Waals surface area contributed by atoms with E-state index >= 15 is 0 Å². The SMILES string of the molecule is Cc1cc(C)c2nc(N3C(=O)C(O)=C(C(=O)c4ccco4)C3c3cccc(Oc4ccccc4)c3)sc2c1. The van der Waals surface area contributed by atoms with E-state index in [1.807, 2.05) is 56.3 Å². The summed E-state index contributed by atoms with van der Waals surface area (Å²) in [5.74, 6) is -0.709. The summed E-state index contributed by atoms with van der Waals surface area (Å²) in [5.41, 5.74) is 3.34. The van der Waals surface area contributed by atoms with Crippen molar-refractivity contribution >= 4 is 38.4 Å². The van der Waals surface area contributed by atoms with Crippen LogP contribution in [0.1, 0.15) is 33.3 Å². The lowest BCUT2D eigenvalue weighted by molar-refractivity contribution is -0.117. The Morgan fingerprint density at radius 3 is 2.55 bits per heavy atom. The van der Waals surface area contributed by atoms with Crippen LogP contribution in [-0.2, 0) is 4.79 Å². The Balaban J connectivity index is 1.49. The highest BCUT2D eigenvalue weighted by molar-refractivity contribution is 7.22. The fraction of sp³-hybridized carbons (Fsp3) is 0.100. The summed E-state index contributed by atoms with van der Waals surface area (Å²) in [6.45, 7) is 3.97. The van der Waals surface area contributed by atoms with Crippen LogP contribution in [0.15, 0.2) is 101 Å². The van der Waals surface area contributed by atoms with Crippen molar-refractivity contribution in [1.29, 1.82) is 0 Å². The summed E-state index contributed by atoms with van der Waals surface area (Å²) in [6.07, 6.45) is 1.38. The van der Waals surface area contributed by atoms with Crippen LogP contribution < -0.4 is 9.64 Å². The Kier molecular flexibility index (Phi) is 5.81. The number of thiazole rings is 1. The number of carbonyl (C=O) groups is 2. The van der Waals surface area contributed by atoms with Crippen LogP contribution in [-0.4, -0.2) is 21.8 Å². The molecule has 0 radical (unpaired) electrons. The molecule has 7 nitrogen and oxygen atoms in total. The number of ketones is 1. The molecule has 0 fully saturated rings. The molecule has 1 amide bonds. The number of rotatable bonds is 6. The first-order valence-electron chi connectivity index (χ1n) is 12.0. The molecule has 6 rings (SSSR count). The molecular weight excluding hydrogens is 500 g/mol. The number of aryl methyl sites for hydroxylation is 2. The maximum absolute atomic E-state index is 13.5. The van der Waals surface area contributed by atoms with E-state index in [0.29, 0.717) is 22.2 Å². The first-order valence-corrected chi connectivity index (χ1v) is 12.8. The predicted octanol–water partition coefficient (Wildman–Crippen LogP) is 7.08. The summed E-state index contributed by atoms with van der Waals surface area (Å²) in [6, 6.07) is 22.6. The molecule has 1 aliphatic heterocycles. The van der Waals surface area contributed by atoms with Gasteiger partial charge in [0.15, 0.2) is 16.7 Å². The Morgan fingerprint density at radius 1 is 1.00 bits per heavy atom. The average Bonchev–Trinajstić information content (AvgIpc) is 3.64. The minimum Gasteiger partial charge on any atom is -0.503 e. The summed E-state index contributed by atoms with van der Waals surface area (Å²) in [5, 5.41) is 11.4. The zero-order chi connectivity index (χ0) is 26.4. The van der Waals surface area contributed by atoms with Gasteiger partial charge in [-0.1, -0.05) is 47.7 Å². The van der Waals surface area contributed by atoms with Crippen molar-refractivity contribution < 1.29 is 23.8 Å². The average molecular weight is 523 g/mol. The second kappa shape index (κ2) is 9.32. The molecule has 3 aromatic carbocycles. The number of furan rings is 1. The second-order valence-corrected chi connectivity index (χ2v) is 10.1. The molecule has 8 heteroatoms. The third-order valence-electron chi connectivity index (χ3n) is 6.38. The highest BCUT2D eigenvalue weighted by Gasteiger charge is 2.46. The number of hydrogen-bond donors (Lipinski definition) is 1. The minimum atomic E-state index is -0.943. The van der Waals surface area contributed by atoms with Gasteiger partial charge in [-0.3, -0.25) is 14.5 Å². The molecule has 0 bridgehead atoms. The van der Waals surface area contributed by atoms with E-state index in [4.69, 9.17) is 14.1 Å². The van der Waals surface area contributed by atoms with Crippen LogP contribution in [0, 0.1) is 13.8 Å². The molecule has 1 atom stereocenters. The fourth-order valence-corrected chi connectivity index (χ4v) is 5.89. The van der Waals surface area contributed by atoms with Crippen molar-refractivity contribution in [2.45, 2.75) is 19.9 Å². The molecule has 1 unspecified atom stereocenters. The number of aliphatic hydroxyl groups excluding tert-OH is 1. The first kappa shape index (κ1) is 23.7. The van der Waals surface area contributed by atoms with Gasteiger partial charge in [-0.2, -0.15) is 0 Å². The maximum Gasteiger partial charge on any atom is 0.296 e. The van der Waals surface area contributed by atoms with Crippen molar-refractivity contribution in [2.75, 3.05) is 4.90 Å². The standard InChI is InChI=1S/C30H22N2O5S/c1-17-14-18(2)25-23(15-17)38-30(31-25)32-26(24(28(34)29(32)35)27(33)22-12-7-13-36-22)19-8-6-11-21(16-19)37-20-9-4-3-5-10-20/h3-16,26,34H,1-2H3. The van der Waals surface area contributed by atoms with Crippen molar-refractivity contribution in [3.63, 3.8) is 0 Å². The smallest absolute Gasteiger partial charge is 0.296 e. The minimum absolute atomic E-state index is 0.0265. The normalized spacial score (nSPS) is 15.5. The molecule has 0 spiro atoms. The monoisotopic (exact) mass is 522 g/mol. The summed E-state index contributed by atoms with van der Waals surface area (Å²) in [7, 11) is 0. The van der Waals surface area contributed by atoms with Crippen molar-refractivity contribution in [2.24, 2.45) is 0 Å². The number of hydrogen-bond acceptors (Lipinski definition) is 7. The van der Waals surface area contributed by atoms with Gasteiger partial charge in [0.2, 0.25) is 5.78 Å². The number of para-hydroxylation sites is 1. The van der Waals surface area contributed by atoms with Gasteiger partial charge in [-0.25, -0.2) is 4.98 Å². The van der Waals surface area contributed by atoms with Gasteiger partial charge in [0.25, 0.3) is 5.91 Å². The van der Waals surface area contributed by atoms with E-state index in [1.54, 1.807) is 30.3 Å². The highest BCUT2D eigenvalue weighted by Crippen LogP contribution is 2.45. The first-order chi connectivity index (χ1) is 18.4. The largest absolute Gasteiger partial charge is 0.503 e. The maximum atomic E-state index is 13.5. The third kappa shape index (κ3) is 4.05. The highest BCUT2D eigenvalue weighted by atomic mass is 32.1. The lowest BCUT2D eigenvalue weighted by Crippen LogP contribution is -2.31. The van der Waals surface area contributed by atoms with E-state index in [2.05, 4.69) is 0 Å². The number of amides is 1. The van der Waals surface area contributed by atoms with Gasteiger partial charge in [0, 0.05) is 0 Å². The Morgan fingerprint density at radius 2 is 1.79 bits per heavy atom. The quantitative estimate of drug-likeness (QED) is 0.240. The number of nitrogens with zero attached hydrogens (tertiary/aromatic N) is 2. The van der Waals surface area contributed by atoms with Crippen LogP contribution >= 0.6 is 11.3 Å². The van der Waals surface area contributed by atoms with Crippen molar-refractivity contribution in [3.05, 3.63) is 119 Å². The van der Waals surface area contributed by atoms with Crippen LogP contribution in [0.5, 0.6) is 11.5 Å². The van der Waals surface area contributed by atoms with Gasteiger partial charge in [-0.15, -0.1) is 0 Å². The van der Waals surface area contributed by atoms with Crippen molar-refractivity contribution in [1.82, 2.24) is 4.98 Å². The summed E-state index contributed by atoms with van der Waals surface area (Å²) >= 11 is 1.34. The Hall–Kier alpha value is -4.69. The molecule has 5 aromatic rings. The van der Waals surface area contributed by atoms with E-state index in [0.717, 1.165) is 21.3 Å². The molecule has 0 saturated heterocycles. The number of Topliss-reactive ketones (excluding diaryl/α,β-unsaturated/α-hetero) is 1. The Bertz CT molecular complexity index is 1720. The number of benzene rings is 3. The number of fused-ring (bicyclic) bond motifs is 1. The second-order valence-electron chi connectivity index (χ2n) is 9.06. The van der Waals surface area contributed by atoms with Crippen LogP contribution in [0.3, 0.4) is 0 Å². The Labute approximate surface area is 222 Å².